The van der Waals surface area contributed by atoms with Crippen LogP contribution in [0.1, 0.15) is 117 Å². The molecule has 2 aromatic carbocycles. The van der Waals surface area contributed by atoms with Crippen LogP contribution in [0.2, 0.25) is 0 Å². The summed E-state index contributed by atoms with van der Waals surface area (Å²) in [6, 6.07) is 11.9. The average Bonchev–Trinajstić information content (AvgIpc) is 2.97. The maximum atomic E-state index is 14.9. The second-order valence-electron chi connectivity index (χ2n) is 15.4. The molecule has 266 valence electrons. The predicted octanol–water partition coefficient (Wildman–Crippen LogP) is 7.37. The van der Waals surface area contributed by atoms with E-state index in [1.165, 1.54) is 0 Å². The van der Waals surface area contributed by atoms with Crippen molar-refractivity contribution in [3.63, 3.8) is 0 Å². The number of alkyl carbamates (subject to hydrolysis) is 1. The van der Waals surface area contributed by atoms with Crippen molar-refractivity contribution in [2.75, 3.05) is 0 Å². The molecular weight excluding hydrogens is 606 g/mol. The van der Waals surface area contributed by atoms with Gasteiger partial charge in [0.1, 0.15) is 29.3 Å². The molecule has 0 saturated carbocycles. The number of carbonyl (C=O) groups excluding carboxylic acids is 4. The van der Waals surface area contributed by atoms with Gasteiger partial charge in [-0.25, -0.2) is 9.59 Å². The van der Waals surface area contributed by atoms with Crippen molar-refractivity contribution < 1.29 is 28.7 Å². The van der Waals surface area contributed by atoms with Gasteiger partial charge in [0.05, 0.1) is 0 Å². The fraction of sp³-hybridized carbons (Fsp3) is 0.590. The van der Waals surface area contributed by atoms with Gasteiger partial charge in [0, 0.05) is 12.0 Å². The summed E-state index contributed by atoms with van der Waals surface area (Å²) in [5.74, 6) is -1.80. The first kappa shape index (κ1) is 40.3. The number of amides is 3. The van der Waals surface area contributed by atoms with E-state index in [2.05, 4.69) is 10.6 Å². The summed E-state index contributed by atoms with van der Waals surface area (Å²) in [6.07, 6.45) is 0.578. The molecule has 9 heteroatoms. The molecule has 4 atom stereocenters. The molecule has 0 aliphatic heterocycles. The average molecular weight is 666 g/mol. The number of rotatable bonds is 13. The van der Waals surface area contributed by atoms with E-state index in [1.807, 2.05) is 97.0 Å². The number of benzene rings is 2. The van der Waals surface area contributed by atoms with E-state index in [1.54, 1.807) is 46.4 Å². The molecule has 0 saturated heterocycles. The van der Waals surface area contributed by atoms with Gasteiger partial charge in [-0.1, -0.05) is 75.7 Å². The number of hydrogen-bond donors (Lipinski definition) is 2. The summed E-state index contributed by atoms with van der Waals surface area (Å²) < 4.78 is 11.3. The molecule has 48 heavy (non-hydrogen) atoms. The van der Waals surface area contributed by atoms with E-state index in [9.17, 15) is 19.2 Å². The summed E-state index contributed by atoms with van der Waals surface area (Å²) in [6.45, 7) is 24.1. The molecule has 2 N–H and O–H groups in total. The van der Waals surface area contributed by atoms with Crippen LogP contribution in [0.25, 0.3) is 0 Å². The van der Waals surface area contributed by atoms with E-state index >= 15 is 0 Å². The number of nitrogens with one attached hydrogen (secondary N) is 2. The maximum Gasteiger partial charge on any atom is 0.408 e. The summed E-state index contributed by atoms with van der Waals surface area (Å²) in [5.41, 5.74) is 1.01. The highest BCUT2D eigenvalue weighted by Crippen LogP contribution is 2.34. The number of carbonyl (C=O) groups is 4. The van der Waals surface area contributed by atoms with Crippen LogP contribution in [0, 0.1) is 19.8 Å². The molecule has 0 radical (unpaired) electrons. The second kappa shape index (κ2) is 16.5. The molecule has 3 amide bonds. The third-order valence-corrected chi connectivity index (χ3v) is 8.55. The predicted molar refractivity (Wildman–Crippen MR) is 190 cm³/mol. The molecule has 0 spiro atoms. The molecular formula is C39H59N3O6. The smallest absolute Gasteiger partial charge is 0.408 e. The Labute approximate surface area is 288 Å². The van der Waals surface area contributed by atoms with Crippen molar-refractivity contribution in [3.05, 3.63) is 70.8 Å². The standard InChI is InChI=1S/C39H59N3O6/c1-14-25(3)31(41-36(46)48-38(9,10)11)34(44)42(39(12,13)15-2)32(29-22-21-26(4)27(5)23-29)33(43)40-30(35(45)47-37(6,7)8)24-28-19-17-16-18-20-28/h16-23,25,30-32H,14-15,24H2,1-13H3,(H,40,43)(H,41,46). The molecule has 0 aromatic heterocycles. The van der Waals surface area contributed by atoms with Crippen LogP contribution in [0.4, 0.5) is 4.79 Å². The van der Waals surface area contributed by atoms with Crippen molar-refractivity contribution in [3.8, 4) is 0 Å². The number of nitrogens with zero attached hydrogens (tertiary/aromatic N) is 1. The van der Waals surface area contributed by atoms with Crippen LogP contribution < -0.4 is 10.6 Å². The van der Waals surface area contributed by atoms with Crippen molar-refractivity contribution >= 4 is 23.9 Å². The van der Waals surface area contributed by atoms with Gasteiger partial charge >= 0.3 is 12.1 Å². The monoisotopic (exact) mass is 665 g/mol. The highest BCUT2D eigenvalue weighted by atomic mass is 16.6. The van der Waals surface area contributed by atoms with Gasteiger partial charge in [0.25, 0.3) is 0 Å². The summed E-state index contributed by atoms with van der Waals surface area (Å²) in [5, 5.41) is 5.81. The Hall–Kier alpha value is -3.88. The molecule has 0 heterocycles. The van der Waals surface area contributed by atoms with Crippen LogP contribution in [0.3, 0.4) is 0 Å². The largest absolute Gasteiger partial charge is 0.458 e. The molecule has 0 aliphatic carbocycles. The minimum absolute atomic E-state index is 0.196. The Kier molecular flexibility index (Phi) is 13.8. The summed E-state index contributed by atoms with van der Waals surface area (Å²) in [7, 11) is 0. The Morgan fingerprint density at radius 3 is 1.88 bits per heavy atom. The zero-order chi connectivity index (χ0) is 36.6. The minimum Gasteiger partial charge on any atom is -0.458 e. The van der Waals surface area contributed by atoms with Crippen LogP contribution in [0.5, 0.6) is 0 Å². The van der Waals surface area contributed by atoms with Crippen LogP contribution in [-0.4, -0.2) is 57.6 Å². The second-order valence-corrected chi connectivity index (χ2v) is 15.4. The quantitative estimate of drug-likeness (QED) is 0.216. The molecule has 0 bridgehead atoms. The van der Waals surface area contributed by atoms with Crippen LogP contribution >= 0.6 is 0 Å². The Balaban J connectivity index is 2.76. The molecule has 9 nitrogen and oxygen atoms in total. The van der Waals surface area contributed by atoms with Crippen molar-refractivity contribution in [2.24, 2.45) is 5.92 Å². The lowest BCUT2D eigenvalue weighted by Crippen LogP contribution is -2.61. The molecule has 0 fully saturated rings. The van der Waals surface area contributed by atoms with E-state index in [0.717, 1.165) is 16.7 Å². The highest BCUT2D eigenvalue weighted by Gasteiger charge is 2.45. The van der Waals surface area contributed by atoms with Gasteiger partial charge in [-0.15, -0.1) is 0 Å². The first-order valence-corrected chi connectivity index (χ1v) is 17.1. The van der Waals surface area contributed by atoms with Crippen molar-refractivity contribution in [2.45, 2.75) is 144 Å². The summed E-state index contributed by atoms with van der Waals surface area (Å²) in [4.78, 5) is 57.9. The normalized spacial score (nSPS) is 14.6. The highest BCUT2D eigenvalue weighted by molar-refractivity contribution is 5.94. The van der Waals surface area contributed by atoms with Gasteiger partial charge in [0.2, 0.25) is 11.8 Å². The third-order valence-electron chi connectivity index (χ3n) is 8.55. The van der Waals surface area contributed by atoms with Crippen molar-refractivity contribution in [1.29, 1.82) is 0 Å². The van der Waals surface area contributed by atoms with Gasteiger partial charge in [-0.05, 0) is 104 Å². The Bertz CT molecular complexity index is 1410. The SMILES string of the molecule is CCC(C)C(NC(=O)OC(C)(C)C)C(=O)N(C(C(=O)NC(Cc1ccccc1)C(=O)OC(C)(C)C)c1ccc(C)c(C)c1)C(C)(C)CC. The lowest BCUT2D eigenvalue weighted by atomic mass is 9.88. The van der Waals surface area contributed by atoms with E-state index in [4.69, 9.17) is 9.47 Å². The van der Waals surface area contributed by atoms with Crippen molar-refractivity contribution in [1.82, 2.24) is 15.5 Å². The first-order valence-electron chi connectivity index (χ1n) is 17.1. The third kappa shape index (κ3) is 11.7. The minimum atomic E-state index is -1.14. The molecule has 0 aliphatic rings. The van der Waals surface area contributed by atoms with Gasteiger partial charge < -0.3 is 25.0 Å². The summed E-state index contributed by atoms with van der Waals surface area (Å²) >= 11 is 0. The molecule has 2 aromatic rings. The molecule has 4 unspecified atom stereocenters. The molecule has 2 rings (SSSR count). The number of hydrogen-bond acceptors (Lipinski definition) is 6. The topological polar surface area (TPSA) is 114 Å². The van der Waals surface area contributed by atoms with E-state index in [-0.39, 0.29) is 12.3 Å². The fourth-order valence-electron chi connectivity index (χ4n) is 5.23. The van der Waals surface area contributed by atoms with Gasteiger partial charge in [-0.3, -0.25) is 9.59 Å². The first-order chi connectivity index (χ1) is 22.1. The van der Waals surface area contributed by atoms with Gasteiger partial charge in [-0.2, -0.15) is 0 Å². The van der Waals surface area contributed by atoms with E-state index < -0.39 is 58.7 Å². The number of esters is 1. The van der Waals surface area contributed by atoms with Crippen LogP contribution in [-0.2, 0) is 30.3 Å². The Morgan fingerprint density at radius 1 is 0.792 bits per heavy atom. The lowest BCUT2D eigenvalue weighted by Gasteiger charge is -2.45. The van der Waals surface area contributed by atoms with Crippen LogP contribution in [0.15, 0.2) is 48.5 Å². The Morgan fingerprint density at radius 2 is 1.38 bits per heavy atom. The zero-order valence-corrected chi connectivity index (χ0v) is 31.4. The number of ether oxygens (including phenoxy) is 2. The lowest BCUT2D eigenvalue weighted by molar-refractivity contribution is -0.159. The fourth-order valence-corrected chi connectivity index (χ4v) is 5.23. The zero-order valence-electron chi connectivity index (χ0n) is 31.4. The van der Waals surface area contributed by atoms with Gasteiger partial charge in [0.15, 0.2) is 0 Å². The van der Waals surface area contributed by atoms with E-state index in [0.29, 0.717) is 18.4 Å². The maximum absolute atomic E-state index is 14.9. The number of aryl methyl sites for hydroxylation is 2.